The van der Waals surface area contributed by atoms with Crippen LogP contribution in [0.4, 0.5) is 0 Å². The minimum absolute atomic E-state index is 0.263. The maximum Gasteiger partial charge on any atom is 0.262 e. The van der Waals surface area contributed by atoms with Gasteiger partial charge in [-0.1, -0.05) is 5.16 Å². The predicted octanol–water partition coefficient (Wildman–Crippen LogP) is 1.55. The van der Waals surface area contributed by atoms with E-state index >= 15 is 0 Å². The number of rotatable bonds is 2. The molecule has 0 bridgehead atoms. The SMILES string of the molecule is NCc1noc(-c2ccoc2Br)n1. The van der Waals surface area contributed by atoms with Gasteiger partial charge in [0.1, 0.15) is 0 Å². The van der Waals surface area contributed by atoms with Gasteiger partial charge in [0.2, 0.25) is 0 Å². The number of nitrogens with two attached hydrogens (primary N) is 1. The topological polar surface area (TPSA) is 78.1 Å². The van der Waals surface area contributed by atoms with Crippen LogP contribution in [0.25, 0.3) is 11.5 Å². The van der Waals surface area contributed by atoms with Gasteiger partial charge in [0, 0.05) is 0 Å². The van der Waals surface area contributed by atoms with E-state index < -0.39 is 0 Å². The maximum atomic E-state index is 5.33. The lowest BCUT2D eigenvalue weighted by molar-refractivity contribution is 0.421. The van der Waals surface area contributed by atoms with Gasteiger partial charge in [-0.2, -0.15) is 4.98 Å². The van der Waals surface area contributed by atoms with Gasteiger partial charge in [0.15, 0.2) is 10.5 Å². The normalized spacial score (nSPS) is 10.6. The molecule has 2 aromatic rings. The molecule has 2 aromatic heterocycles. The smallest absolute Gasteiger partial charge is 0.262 e. The first-order chi connectivity index (χ1) is 6.31. The van der Waals surface area contributed by atoms with Crippen molar-refractivity contribution in [1.82, 2.24) is 10.1 Å². The highest BCUT2D eigenvalue weighted by Gasteiger charge is 2.12. The van der Waals surface area contributed by atoms with Gasteiger partial charge < -0.3 is 14.7 Å². The lowest BCUT2D eigenvalue weighted by Crippen LogP contribution is -1.97. The van der Waals surface area contributed by atoms with Crippen LogP contribution in [-0.4, -0.2) is 10.1 Å². The molecule has 0 aliphatic rings. The third-order valence-corrected chi connectivity index (χ3v) is 2.11. The summed E-state index contributed by atoms with van der Waals surface area (Å²) in [5.74, 6) is 0.879. The highest BCUT2D eigenvalue weighted by Crippen LogP contribution is 2.27. The quantitative estimate of drug-likeness (QED) is 0.866. The summed E-state index contributed by atoms with van der Waals surface area (Å²) < 4.78 is 10.5. The van der Waals surface area contributed by atoms with Crippen molar-refractivity contribution >= 4 is 15.9 Å². The van der Waals surface area contributed by atoms with E-state index in [1.165, 1.54) is 6.26 Å². The van der Waals surface area contributed by atoms with E-state index in [4.69, 9.17) is 14.7 Å². The molecule has 0 saturated heterocycles. The molecule has 0 aliphatic heterocycles. The summed E-state index contributed by atoms with van der Waals surface area (Å²) in [7, 11) is 0. The first-order valence-corrected chi connectivity index (χ1v) is 4.36. The van der Waals surface area contributed by atoms with Crippen LogP contribution >= 0.6 is 15.9 Å². The molecule has 0 unspecified atom stereocenters. The first kappa shape index (κ1) is 8.46. The van der Waals surface area contributed by atoms with Crippen LogP contribution < -0.4 is 5.73 Å². The zero-order chi connectivity index (χ0) is 9.26. The van der Waals surface area contributed by atoms with Crippen molar-refractivity contribution in [3.05, 3.63) is 22.8 Å². The van der Waals surface area contributed by atoms with Crippen molar-refractivity contribution in [2.45, 2.75) is 6.54 Å². The fourth-order valence-corrected chi connectivity index (χ4v) is 1.30. The minimum Gasteiger partial charge on any atom is -0.457 e. The highest BCUT2D eigenvalue weighted by atomic mass is 79.9. The number of halogens is 1. The Morgan fingerprint density at radius 1 is 1.54 bits per heavy atom. The van der Waals surface area contributed by atoms with Crippen molar-refractivity contribution in [3.8, 4) is 11.5 Å². The van der Waals surface area contributed by atoms with Crippen LogP contribution in [0, 0.1) is 0 Å². The molecule has 0 atom stereocenters. The van der Waals surface area contributed by atoms with Gasteiger partial charge in [0.25, 0.3) is 5.89 Å². The number of hydrogen-bond acceptors (Lipinski definition) is 5. The summed E-state index contributed by atoms with van der Waals surface area (Å²) in [5.41, 5.74) is 6.06. The van der Waals surface area contributed by atoms with Crippen LogP contribution in [0.5, 0.6) is 0 Å². The molecule has 0 spiro atoms. The lowest BCUT2D eigenvalue weighted by atomic mass is 10.3. The molecule has 13 heavy (non-hydrogen) atoms. The molecule has 0 amide bonds. The second-order valence-corrected chi connectivity index (χ2v) is 3.05. The summed E-state index contributed by atoms with van der Waals surface area (Å²) in [4.78, 5) is 4.04. The summed E-state index contributed by atoms with van der Waals surface area (Å²) >= 11 is 3.21. The number of nitrogens with zero attached hydrogens (tertiary/aromatic N) is 2. The zero-order valence-corrected chi connectivity index (χ0v) is 8.11. The Morgan fingerprint density at radius 3 is 2.92 bits per heavy atom. The maximum absolute atomic E-state index is 5.33. The van der Waals surface area contributed by atoms with E-state index in [1.54, 1.807) is 6.07 Å². The molecule has 5 nitrogen and oxygen atoms in total. The second kappa shape index (κ2) is 3.31. The third-order valence-electron chi connectivity index (χ3n) is 1.50. The summed E-state index contributed by atoms with van der Waals surface area (Å²) in [6.07, 6.45) is 1.53. The molecule has 2 N–H and O–H groups in total. The van der Waals surface area contributed by atoms with Crippen LogP contribution in [0.15, 0.2) is 25.9 Å². The molecular formula is C7H6BrN3O2. The summed E-state index contributed by atoms with van der Waals surface area (Å²) in [6.45, 7) is 0.263. The van der Waals surface area contributed by atoms with Crippen molar-refractivity contribution in [1.29, 1.82) is 0 Å². The number of aromatic nitrogens is 2. The van der Waals surface area contributed by atoms with Crippen molar-refractivity contribution < 1.29 is 8.94 Å². The van der Waals surface area contributed by atoms with Gasteiger partial charge in [-0.25, -0.2) is 0 Å². The van der Waals surface area contributed by atoms with E-state index in [2.05, 4.69) is 26.1 Å². The summed E-state index contributed by atoms with van der Waals surface area (Å²) in [5, 5.41) is 3.66. The molecule has 0 fully saturated rings. The Labute approximate surface area is 82.0 Å². The zero-order valence-electron chi connectivity index (χ0n) is 6.53. The first-order valence-electron chi connectivity index (χ1n) is 3.57. The molecule has 0 aromatic carbocycles. The lowest BCUT2D eigenvalue weighted by Gasteiger charge is -1.85. The van der Waals surface area contributed by atoms with Gasteiger partial charge in [-0.3, -0.25) is 0 Å². The number of hydrogen-bond donors (Lipinski definition) is 1. The molecule has 0 radical (unpaired) electrons. The molecule has 2 heterocycles. The van der Waals surface area contributed by atoms with E-state index in [0.717, 1.165) is 5.56 Å². The van der Waals surface area contributed by atoms with E-state index in [9.17, 15) is 0 Å². The largest absolute Gasteiger partial charge is 0.457 e. The molecule has 68 valence electrons. The van der Waals surface area contributed by atoms with Crippen LogP contribution in [0.3, 0.4) is 0 Å². The Balaban J connectivity index is 2.41. The van der Waals surface area contributed by atoms with Crippen LogP contribution in [0.1, 0.15) is 5.82 Å². The second-order valence-electron chi connectivity index (χ2n) is 2.33. The molecule has 0 saturated carbocycles. The fraction of sp³-hybridized carbons (Fsp3) is 0.143. The minimum atomic E-state index is 0.263. The van der Waals surface area contributed by atoms with E-state index in [1.807, 2.05) is 0 Å². The highest BCUT2D eigenvalue weighted by molar-refractivity contribution is 9.10. The van der Waals surface area contributed by atoms with Crippen molar-refractivity contribution in [2.24, 2.45) is 5.73 Å². The monoisotopic (exact) mass is 243 g/mol. The average molecular weight is 244 g/mol. The average Bonchev–Trinajstić information content (AvgIpc) is 2.71. The van der Waals surface area contributed by atoms with Gasteiger partial charge in [-0.05, 0) is 22.0 Å². The van der Waals surface area contributed by atoms with Gasteiger partial charge in [0.05, 0.1) is 18.4 Å². The Hall–Kier alpha value is -1.14. The molecular weight excluding hydrogens is 238 g/mol. The Bertz CT molecular complexity index is 409. The Kier molecular flexibility index (Phi) is 2.15. The molecule has 0 aliphatic carbocycles. The van der Waals surface area contributed by atoms with E-state index in [-0.39, 0.29) is 6.54 Å². The van der Waals surface area contributed by atoms with E-state index in [0.29, 0.717) is 16.4 Å². The van der Waals surface area contributed by atoms with Crippen molar-refractivity contribution in [3.63, 3.8) is 0 Å². The predicted molar refractivity (Wildman–Crippen MR) is 47.6 cm³/mol. The molecule has 2 rings (SSSR count). The summed E-state index contributed by atoms with van der Waals surface area (Å²) in [6, 6.07) is 1.73. The molecule has 6 heteroatoms. The van der Waals surface area contributed by atoms with Gasteiger partial charge >= 0.3 is 0 Å². The van der Waals surface area contributed by atoms with Gasteiger partial charge in [-0.15, -0.1) is 0 Å². The van der Waals surface area contributed by atoms with Crippen LogP contribution in [-0.2, 0) is 6.54 Å². The number of furan rings is 1. The standard InChI is InChI=1S/C7H6BrN3O2/c8-6-4(1-2-12-6)7-10-5(3-9)11-13-7/h1-2H,3,9H2. The fourth-order valence-electron chi connectivity index (χ4n) is 0.892. The van der Waals surface area contributed by atoms with Crippen molar-refractivity contribution in [2.75, 3.05) is 0 Å². The third kappa shape index (κ3) is 1.50. The van der Waals surface area contributed by atoms with Crippen LogP contribution in [0.2, 0.25) is 0 Å². The Morgan fingerprint density at radius 2 is 2.38 bits per heavy atom.